The fourth-order valence-corrected chi connectivity index (χ4v) is 4.36. The van der Waals surface area contributed by atoms with Crippen LogP contribution in [0.2, 0.25) is 0 Å². The van der Waals surface area contributed by atoms with Crippen molar-refractivity contribution in [2.75, 3.05) is 44.6 Å². The molecule has 1 saturated heterocycles. The van der Waals surface area contributed by atoms with E-state index in [4.69, 9.17) is 0 Å². The summed E-state index contributed by atoms with van der Waals surface area (Å²) in [4.78, 5) is 27.1. The highest BCUT2D eigenvalue weighted by Crippen LogP contribution is 2.19. The van der Waals surface area contributed by atoms with Crippen LogP contribution >= 0.6 is 11.3 Å². The van der Waals surface area contributed by atoms with Crippen molar-refractivity contribution in [2.24, 2.45) is 0 Å². The molecule has 0 radical (unpaired) electrons. The molecule has 1 aromatic rings. The van der Waals surface area contributed by atoms with Gasteiger partial charge in [-0.25, -0.2) is 13.1 Å². The molecule has 1 aliphatic heterocycles. The standard InChI is InChI=1S/C13H22N6O4S2/c1-3-18-6-8-19(9-7-18)11(21)4-5-14-25(22,23)13-17-16-12(24-13)15-10(2)20/h14H,3-9H2,1-2H3,(H,15,16,20). The summed E-state index contributed by atoms with van der Waals surface area (Å²) in [6, 6.07) is 0. The molecule has 1 aromatic heterocycles. The SMILES string of the molecule is CCN1CCN(C(=O)CCNS(=O)(=O)c2nnc(NC(C)=O)s2)CC1. The summed E-state index contributed by atoms with van der Waals surface area (Å²) in [6.45, 7) is 7.33. The van der Waals surface area contributed by atoms with Crippen molar-refractivity contribution >= 4 is 38.3 Å². The second-order valence-electron chi connectivity index (χ2n) is 5.52. The van der Waals surface area contributed by atoms with E-state index < -0.39 is 10.0 Å². The number of likely N-dealkylation sites (N-methyl/N-ethyl adjacent to an activating group) is 1. The van der Waals surface area contributed by atoms with Gasteiger partial charge in [-0.3, -0.25) is 9.59 Å². The van der Waals surface area contributed by atoms with E-state index in [2.05, 4.69) is 32.1 Å². The monoisotopic (exact) mass is 390 g/mol. The molecule has 0 spiro atoms. The molecule has 0 unspecified atom stereocenters. The van der Waals surface area contributed by atoms with Crippen LogP contribution in [0.25, 0.3) is 0 Å². The number of rotatable bonds is 7. The van der Waals surface area contributed by atoms with Gasteiger partial charge in [-0.15, -0.1) is 10.2 Å². The van der Waals surface area contributed by atoms with E-state index in [0.717, 1.165) is 31.0 Å². The molecule has 10 nitrogen and oxygen atoms in total. The third-order valence-corrected chi connectivity index (χ3v) is 6.39. The van der Waals surface area contributed by atoms with Gasteiger partial charge in [0.2, 0.25) is 21.3 Å². The quantitative estimate of drug-likeness (QED) is 0.592. The number of carbonyl (C=O) groups is 2. The Bertz CT molecular complexity index is 712. The number of carbonyl (C=O) groups excluding carboxylic acids is 2. The lowest BCUT2D eigenvalue weighted by molar-refractivity contribution is -0.132. The van der Waals surface area contributed by atoms with Gasteiger partial charge < -0.3 is 15.1 Å². The lowest BCUT2D eigenvalue weighted by atomic mass is 10.3. The molecule has 0 saturated carbocycles. The minimum absolute atomic E-state index is 0.00971. The van der Waals surface area contributed by atoms with Crippen molar-refractivity contribution in [3.8, 4) is 0 Å². The van der Waals surface area contributed by atoms with Gasteiger partial charge in [-0.05, 0) is 6.54 Å². The highest BCUT2D eigenvalue weighted by Gasteiger charge is 2.23. The van der Waals surface area contributed by atoms with E-state index >= 15 is 0 Å². The van der Waals surface area contributed by atoms with Gasteiger partial charge in [0, 0.05) is 46.1 Å². The Morgan fingerprint density at radius 3 is 2.48 bits per heavy atom. The molecule has 0 aromatic carbocycles. The fraction of sp³-hybridized carbons (Fsp3) is 0.692. The molecule has 2 heterocycles. The predicted octanol–water partition coefficient (Wildman–Crippen LogP) is -0.671. The fourth-order valence-electron chi connectivity index (χ4n) is 2.35. The van der Waals surface area contributed by atoms with Crippen molar-refractivity contribution in [3.05, 3.63) is 0 Å². The first-order valence-electron chi connectivity index (χ1n) is 7.92. The number of hydrogen-bond acceptors (Lipinski definition) is 8. The molecule has 0 bridgehead atoms. The summed E-state index contributed by atoms with van der Waals surface area (Å²) in [5.74, 6) is -0.434. The van der Waals surface area contributed by atoms with Crippen molar-refractivity contribution in [2.45, 2.75) is 24.6 Å². The second-order valence-corrected chi connectivity index (χ2v) is 8.44. The third kappa shape index (κ3) is 5.70. The van der Waals surface area contributed by atoms with Crippen LogP contribution < -0.4 is 10.0 Å². The number of nitrogens with zero attached hydrogens (tertiary/aromatic N) is 4. The maximum Gasteiger partial charge on any atom is 0.269 e. The van der Waals surface area contributed by atoms with Crippen LogP contribution in [0.15, 0.2) is 4.34 Å². The summed E-state index contributed by atoms with van der Waals surface area (Å²) < 4.78 is 26.3. The Morgan fingerprint density at radius 2 is 1.88 bits per heavy atom. The van der Waals surface area contributed by atoms with Crippen molar-refractivity contribution in [1.29, 1.82) is 0 Å². The first-order chi connectivity index (χ1) is 11.8. The minimum atomic E-state index is -3.85. The smallest absolute Gasteiger partial charge is 0.269 e. The van der Waals surface area contributed by atoms with E-state index in [9.17, 15) is 18.0 Å². The van der Waals surface area contributed by atoms with Gasteiger partial charge in [0.05, 0.1) is 0 Å². The predicted molar refractivity (Wildman–Crippen MR) is 92.7 cm³/mol. The van der Waals surface area contributed by atoms with E-state index in [1.165, 1.54) is 6.92 Å². The summed E-state index contributed by atoms with van der Waals surface area (Å²) in [6.07, 6.45) is 0.0860. The maximum atomic E-state index is 12.1. The zero-order chi connectivity index (χ0) is 18.4. The maximum absolute atomic E-state index is 12.1. The largest absolute Gasteiger partial charge is 0.340 e. The van der Waals surface area contributed by atoms with E-state index in [1.807, 2.05) is 0 Å². The van der Waals surface area contributed by atoms with Crippen LogP contribution in [0, 0.1) is 0 Å². The van der Waals surface area contributed by atoms with Gasteiger partial charge in [0.25, 0.3) is 10.0 Å². The molecule has 2 N–H and O–H groups in total. The highest BCUT2D eigenvalue weighted by atomic mass is 32.2. The van der Waals surface area contributed by atoms with Crippen LogP contribution in [-0.2, 0) is 19.6 Å². The topological polar surface area (TPSA) is 125 Å². The van der Waals surface area contributed by atoms with Gasteiger partial charge in [0.15, 0.2) is 0 Å². The number of sulfonamides is 1. The molecule has 140 valence electrons. The molecule has 1 aliphatic rings. The first-order valence-corrected chi connectivity index (χ1v) is 10.2. The van der Waals surface area contributed by atoms with E-state index in [1.54, 1.807) is 4.90 Å². The number of nitrogens with one attached hydrogen (secondary N) is 2. The molecule has 0 atom stereocenters. The number of amides is 2. The van der Waals surface area contributed by atoms with Crippen molar-refractivity contribution in [1.82, 2.24) is 24.7 Å². The Hall–Kier alpha value is -1.63. The molecular formula is C13H22N6O4S2. The number of anilines is 1. The number of piperazine rings is 1. The highest BCUT2D eigenvalue weighted by molar-refractivity contribution is 7.91. The van der Waals surface area contributed by atoms with E-state index in [-0.39, 0.29) is 34.3 Å². The Kier molecular flexibility index (Phi) is 6.81. The zero-order valence-corrected chi connectivity index (χ0v) is 15.8. The molecule has 12 heteroatoms. The summed E-state index contributed by atoms with van der Waals surface area (Å²) in [7, 11) is -3.85. The summed E-state index contributed by atoms with van der Waals surface area (Å²) in [5, 5.41) is 9.62. The lowest BCUT2D eigenvalue weighted by Crippen LogP contribution is -2.49. The lowest BCUT2D eigenvalue weighted by Gasteiger charge is -2.34. The number of aromatic nitrogens is 2. The molecule has 2 rings (SSSR count). The third-order valence-electron chi connectivity index (χ3n) is 3.72. The second kappa shape index (κ2) is 8.65. The Labute approximate surface area is 150 Å². The Balaban J connectivity index is 1.81. The molecule has 25 heavy (non-hydrogen) atoms. The normalized spacial score (nSPS) is 16.0. The van der Waals surface area contributed by atoms with Crippen LogP contribution in [0.4, 0.5) is 5.13 Å². The van der Waals surface area contributed by atoms with Gasteiger partial charge in [-0.2, -0.15) is 0 Å². The average Bonchev–Trinajstić information content (AvgIpc) is 3.03. The first kappa shape index (κ1) is 19.7. The minimum Gasteiger partial charge on any atom is -0.340 e. The van der Waals surface area contributed by atoms with Crippen LogP contribution in [-0.4, -0.2) is 79.5 Å². The van der Waals surface area contributed by atoms with Crippen molar-refractivity contribution < 1.29 is 18.0 Å². The van der Waals surface area contributed by atoms with Crippen LogP contribution in [0.3, 0.4) is 0 Å². The van der Waals surface area contributed by atoms with Crippen LogP contribution in [0.1, 0.15) is 20.3 Å². The zero-order valence-electron chi connectivity index (χ0n) is 14.2. The van der Waals surface area contributed by atoms with Gasteiger partial charge in [-0.1, -0.05) is 18.3 Å². The molecular weight excluding hydrogens is 368 g/mol. The van der Waals surface area contributed by atoms with Gasteiger partial charge >= 0.3 is 0 Å². The Morgan fingerprint density at radius 1 is 1.20 bits per heavy atom. The van der Waals surface area contributed by atoms with E-state index in [0.29, 0.717) is 13.1 Å². The molecule has 2 amide bonds. The number of hydrogen-bond donors (Lipinski definition) is 2. The van der Waals surface area contributed by atoms with Gasteiger partial charge in [0.1, 0.15) is 0 Å². The van der Waals surface area contributed by atoms with Crippen molar-refractivity contribution in [3.63, 3.8) is 0 Å². The average molecular weight is 390 g/mol. The van der Waals surface area contributed by atoms with Crippen LogP contribution in [0.5, 0.6) is 0 Å². The summed E-state index contributed by atoms with van der Waals surface area (Å²) in [5.41, 5.74) is 0. The summed E-state index contributed by atoms with van der Waals surface area (Å²) >= 11 is 0.752. The molecule has 0 aliphatic carbocycles. The molecule has 1 fully saturated rings.